The molecule has 0 unspecified atom stereocenters. The third-order valence-corrected chi connectivity index (χ3v) is 4.81. The van der Waals surface area contributed by atoms with Gasteiger partial charge in [0.1, 0.15) is 12.4 Å². The molecule has 0 saturated heterocycles. The molecule has 2 amide bonds. The summed E-state index contributed by atoms with van der Waals surface area (Å²) in [5.74, 6) is 2.49. The second-order valence-electron chi connectivity index (χ2n) is 7.32. The van der Waals surface area contributed by atoms with E-state index >= 15 is 0 Å². The highest BCUT2D eigenvalue weighted by atomic mass is 16.6. The van der Waals surface area contributed by atoms with Crippen LogP contribution in [0.5, 0.6) is 17.2 Å². The van der Waals surface area contributed by atoms with E-state index in [0.29, 0.717) is 18.9 Å². The molecular weight excluding hydrogens is 356 g/mol. The van der Waals surface area contributed by atoms with E-state index in [0.717, 1.165) is 17.1 Å². The van der Waals surface area contributed by atoms with Crippen LogP contribution in [0.25, 0.3) is 0 Å². The van der Waals surface area contributed by atoms with Crippen LogP contribution < -0.4 is 19.5 Å². The largest absolute Gasteiger partial charge is 0.497 e. The first-order valence-corrected chi connectivity index (χ1v) is 9.52. The summed E-state index contributed by atoms with van der Waals surface area (Å²) in [7, 11) is 3.41. The van der Waals surface area contributed by atoms with Gasteiger partial charge >= 0.3 is 6.03 Å². The van der Waals surface area contributed by atoms with Crippen molar-refractivity contribution in [2.24, 2.45) is 5.92 Å². The van der Waals surface area contributed by atoms with E-state index in [1.807, 2.05) is 48.5 Å². The van der Waals surface area contributed by atoms with Crippen molar-refractivity contribution < 1.29 is 19.0 Å². The number of ether oxygens (including phenoxy) is 3. The lowest BCUT2D eigenvalue weighted by atomic mass is 9.96. The zero-order valence-electron chi connectivity index (χ0n) is 16.8. The number of para-hydroxylation sites is 2. The number of fused-ring (bicyclic) bond motifs is 1. The SMILES string of the molecule is COc1ccc([C@@H](NC(=O)N(C)C[C@@H]2COc3ccccc3O2)C(C)C)cc1. The number of carbonyl (C=O) groups excluding carboxylic acids is 1. The van der Waals surface area contributed by atoms with Gasteiger partial charge in [-0.1, -0.05) is 38.1 Å². The van der Waals surface area contributed by atoms with E-state index in [-0.39, 0.29) is 24.1 Å². The standard InChI is InChI=1S/C22H28N2O4/c1-15(2)21(16-9-11-17(26-4)12-10-16)23-22(25)24(3)13-18-14-27-19-7-5-6-8-20(19)28-18/h5-12,15,18,21H,13-14H2,1-4H3,(H,23,25)/t18-,21+/m1/s1. The van der Waals surface area contributed by atoms with Gasteiger partial charge in [0, 0.05) is 7.05 Å². The molecule has 6 nitrogen and oxygen atoms in total. The van der Waals surface area contributed by atoms with Crippen LogP contribution in [0.2, 0.25) is 0 Å². The minimum atomic E-state index is -0.205. The molecule has 150 valence electrons. The fourth-order valence-corrected chi connectivity index (χ4v) is 3.23. The molecular formula is C22H28N2O4. The molecule has 0 spiro atoms. The summed E-state index contributed by atoms with van der Waals surface area (Å²) >= 11 is 0. The average Bonchev–Trinajstić information content (AvgIpc) is 2.71. The zero-order chi connectivity index (χ0) is 20.1. The zero-order valence-corrected chi connectivity index (χ0v) is 16.8. The first kappa shape index (κ1) is 19.9. The molecule has 0 saturated carbocycles. The topological polar surface area (TPSA) is 60.0 Å². The molecule has 1 N–H and O–H groups in total. The number of hydrogen-bond donors (Lipinski definition) is 1. The molecule has 0 radical (unpaired) electrons. The van der Waals surface area contributed by atoms with Gasteiger partial charge in [-0.15, -0.1) is 0 Å². The lowest BCUT2D eigenvalue weighted by molar-refractivity contribution is 0.0710. The van der Waals surface area contributed by atoms with Gasteiger partial charge in [0.05, 0.1) is 19.7 Å². The molecule has 2 aromatic carbocycles. The first-order chi connectivity index (χ1) is 13.5. The highest BCUT2D eigenvalue weighted by molar-refractivity contribution is 5.74. The summed E-state index contributed by atoms with van der Waals surface area (Å²) in [6, 6.07) is 15.1. The van der Waals surface area contributed by atoms with Gasteiger partial charge in [0.2, 0.25) is 0 Å². The number of rotatable bonds is 6. The number of urea groups is 1. The van der Waals surface area contributed by atoms with E-state index < -0.39 is 0 Å². The van der Waals surface area contributed by atoms with Gasteiger partial charge in [-0.05, 0) is 35.7 Å². The predicted octanol–water partition coefficient (Wildman–Crippen LogP) is 3.87. The van der Waals surface area contributed by atoms with Crippen molar-refractivity contribution in [3.05, 3.63) is 54.1 Å². The molecule has 0 aromatic heterocycles. The van der Waals surface area contributed by atoms with Crippen LogP contribution in [0, 0.1) is 5.92 Å². The number of carbonyl (C=O) groups is 1. The van der Waals surface area contributed by atoms with Crippen molar-refractivity contribution in [2.75, 3.05) is 27.3 Å². The predicted molar refractivity (Wildman–Crippen MR) is 108 cm³/mol. The van der Waals surface area contributed by atoms with Crippen molar-refractivity contribution in [3.8, 4) is 17.2 Å². The maximum atomic E-state index is 12.8. The van der Waals surface area contributed by atoms with Crippen molar-refractivity contribution in [2.45, 2.75) is 26.0 Å². The summed E-state index contributed by atoms with van der Waals surface area (Å²) in [4.78, 5) is 14.4. The van der Waals surface area contributed by atoms with Crippen LogP contribution in [-0.2, 0) is 0 Å². The Hall–Kier alpha value is -2.89. The monoisotopic (exact) mass is 384 g/mol. The quantitative estimate of drug-likeness (QED) is 0.821. The van der Waals surface area contributed by atoms with Crippen molar-refractivity contribution in [3.63, 3.8) is 0 Å². The smallest absolute Gasteiger partial charge is 0.317 e. The van der Waals surface area contributed by atoms with Gasteiger partial charge in [0.25, 0.3) is 0 Å². The molecule has 28 heavy (non-hydrogen) atoms. The van der Waals surface area contributed by atoms with Crippen molar-refractivity contribution >= 4 is 6.03 Å². The molecule has 0 bridgehead atoms. The van der Waals surface area contributed by atoms with E-state index in [4.69, 9.17) is 14.2 Å². The number of likely N-dealkylation sites (N-methyl/N-ethyl adjacent to an activating group) is 1. The molecule has 1 heterocycles. The van der Waals surface area contributed by atoms with E-state index in [2.05, 4.69) is 19.2 Å². The molecule has 2 atom stereocenters. The third kappa shape index (κ3) is 4.68. The van der Waals surface area contributed by atoms with Gasteiger partial charge in [-0.3, -0.25) is 0 Å². The second kappa shape index (κ2) is 8.87. The molecule has 1 aliphatic rings. The summed E-state index contributed by atoms with van der Waals surface area (Å²) in [5, 5.41) is 3.13. The maximum absolute atomic E-state index is 12.8. The van der Waals surface area contributed by atoms with E-state index in [9.17, 15) is 4.79 Å². The van der Waals surface area contributed by atoms with E-state index in [1.54, 1.807) is 19.1 Å². The summed E-state index contributed by atoms with van der Waals surface area (Å²) < 4.78 is 16.9. The summed E-state index contributed by atoms with van der Waals surface area (Å²) in [6.45, 7) is 5.03. The number of amides is 2. The van der Waals surface area contributed by atoms with Crippen LogP contribution in [0.3, 0.4) is 0 Å². The third-order valence-electron chi connectivity index (χ3n) is 4.81. The Morgan fingerprint density at radius 3 is 2.50 bits per heavy atom. The number of hydrogen-bond acceptors (Lipinski definition) is 4. The second-order valence-corrected chi connectivity index (χ2v) is 7.32. The highest BCUT2D eigenvalue weighted by Crippen LogP contribution is 2.31. The first-order valence-electron chi connectivity index (χ1n) is 9.52. The number of nitrogens with zero attached hydrogens (tertiary/aromatic N) is 1. The Kier molecular flexibility index (Phi) is 6.29. The molecule has 2 aromatic rings. The Balaban J connectivity index is 1.60. The minimum absolute atomic E-state index is 0.0925. The lowest BCUT2D eigenvalue weighted by Crippen LogP contribution is -2.47. The minimum Gasteiger partial charge on any atom is -0.497 e. The number of methoxy groups -OCH3 is 1. The van der Waals surface area contributed by atoms with Gasteiger partial charge in [-0.25, -0.2) is 4.79 Å². The van der Waals surface area contributed by atoms with E-state index in [1.165, 1.54) is 0 Å². The normalized spacial score (nSPS) is 16.4. The molecule has 0 fully saturated rings. The fraction of sp³-hybridized carbons (Fsp3) is 0.409. The highest BCUT2D eigenvalue weighted by Gasteiger charge is 2.25. The number of nitrogens with one attached hydrogen (secondary N) is 1. The Morgan fingerprint density at radius 1 is 1.18 bits per heavy atom. The molecule has 0 aliphatic carbocycles. The van der Waals surface area contributed by atoms with Crippen LogP contribution in [-0.4, -0.2) is 44.3 Å². The van der Waals surface area contributed by atoms with Crippen LogP contribution in [0.4, 0.5) is 4.79 Å². The Bertz CT molecular complexity index is 791. The van der Waals surface area contributed by atoms with Crippen LogP contribution >= 0.6 is 0 Å². The Labute approximate surface area is 166 Å². The van der Waals surface area contributed by atoms with Gasteiger partial charge in [0.15, 0.2) is 17.6 Å². The van der Waals surface area contributed by atoms with Gasteiger partial charge < -0.3 is 24.4 Å². The number of benzene rings is 2. The van der Waals surface area contributed by atoms with Crippen molar-refractivity contribution in [1.82, 2.24) is 10.2 Å². The molecule has 3 rings (SSSR count). The van der Waals surface area contributed by atoms with Crippen LogP contribution in [0.15, 0.2) is 48.5 Å². The molecule has 6 heteroatoms. The summed E-state index contributed by atoms with van der Waals surface area (Å²) in [6.07, 6.45) is -0.205. The Morgan fingerprint density at radius 2 is 1.86 bits per heavy atom. The fourth-order valence-electron chi connectivity index (χ4n) is 3.23. The lowest BCUT2D eigenvalue weighted by Gasteiger charge is -2.31. The van der Waals surface area contributed by atoms with Crippen LogP contribution in [0.1, 0.15) is 25.5 Å². The summed E-state index contributed by atoms with van der Waals surface area (Å²) in [5.41, 5.74) is 1.05. The average molecular weight is 384 g/mol. The van der Waals surface area contributed by atoms with Gasteiger partial charge in [-0.2, -0.15) is 0 Å². The molecule has 1 aliphatic heterocycles. The van der Waals surface area contributed by atoms with Crippen molar-refractivity contribution in [1.29, 1.82) is 0 Å². The maximum Gasteiger partial charge on any atom is 0.317 e.